The Balaban J connectivity index is 1.72. The molecule has 0 bridgehead atoms. The molecule has 2 atom stereocenters. The van der Waals surface area contributed by atoms with Gasteiger partial charge in [0, 0.05) is 24.9 Å². The van der Waals surface area contributed by atoms with Gasteiger partial charge in [-0.1, -0.05) is 18.2 Å². The number of aromatic nitrogens is 1. The number of nitrogens with zero attached hydrogens (tertiary/aromatic N) is 2. The van der Waals surface area contributed by atoms with E-state index < -0.39 is 5.60 Å². The van der Waals surface area contributed by atoms with Crippen LogP contribution in [0.1, 0.15) is 57.3 Å². The number of hydrogen-bond acceptors (Lipinski definition) is 5. The fourth-order valence-corrected chi connectivity index (χ4v) is 4.87. The number of piperidine rings is 1. The Labute approximate surface area is 171 Å². The lowest BCUT2D eigenvalue weighted by Crippen LogP contribution is -2.44. The Morgan fingerprint density at radius 3 is 2.66 bits per heavy atom. The van der Waals surface area contributed by atoms with Crippen LogP contribution in [0.5, 0.6) is 0 Å². The monoisotopic (exact) mass is 398 g/mol. The van der Waals surface area contributed by atoms with Gasteiger partial charge >= 0.3 is 12.1 Å². The minimum atomic E-state index is -0.554. The van der Waals surface area contributed by atoms with Crippen molar-refractivity contribution >= 4 is 23.0 Å². The molecule has 3 heterocycles. The maximum Gasteiger partial charge on any atom is 0.419 e. The zero-order valence-corrected chi connectivity index (χ0v) is 17.7. The van der Waals surface area contributed by atoms with Crippen molar-refractivity contribution in [2.75, 3.05) is 20.2 Å². The minimum absolute atomic E-state index is 0.144. The highest BCUT2D eigenvalue weighted by atomic mass is 16.6. The molecule has 1 fully saturated rings. The Bertz CT molecular complexity index is 940. The van der Waals surface area contributed by atoms with Crippen LogP contribution in [0.4, 0.5) is 4.79 Å². The largest absolute Gasteiger partial charge is 0.469 e. The third kappa shape index (κ3) is 3.78. The number of carbonyl (C=O) groups excluding carboxylic acids is 2. The van der Waals surface area contributed by atoms with Gasteiger partial charge in [-0.05, 0) is 57.6 Å². The molecule has 0 aliphatic carbocycles. The molecular weight excluding hydrogens is 368 g/mol. The van der Waals surface area contributed by atoms with E-state index in [0.717, 1.165) is 48.9 Å². The molecule has 0 amide bonds. The maximum absolute atomic E-state index is 13.2. The van der Waals surface area contributed by atoms with Gasteiger partial charge in [-0.2, -0.15) is 0 Å². The standard InChI is InChI=1S/C23H30N2O4/c1-23(2,3)29-22(27)25-18-8-6-5-7-16(18)17-11-12-24-14-15(13-20(26)28-4)9-10-19(24)21(17)25/h5-8,15,19H,9-14H2,1-4H3/t15-,19-/m1/s1. The lowest BCUT2D eigenvalue weighted by Gasteiger charge is -2.43. The van der Waals surface area contributed by atoms with E-state index >= 15 is 0 Å². The second-order valence-corrected chi connectivity index (χ2v) is 9.18. The molecule has 2 aliphatic heterocycles. The molecule has 6 heteroatoms. The molecule has 2 aromatic rings. The molecule has 0 spiro atoms. The Morgan fingerprint density at radius 2 is 1.93 bits per heavy atom. The summed E-state index contributed by atoms with van der Waals surface area (Å²) in [6, 6.07) is 8.28. The molecule has 29 heavy (non-hydrogen) atoms. The second kappa shape index (κ2) is 7.48. The summed E-state index contributed by atoms with van der Waals surface area (Å²) in [5, 5.41) is 1.14. The summed E-state index contributed by atoms with van der Waals surface area (Å²) in [5.74, 6) is 0.161. The summed E-state index contributed by atoms with van der Waals surface area (Å²) in [6.07, 6.45) is 2.92. The van der Waals surface area contributed by atoms with Gasteiger partial charge in [-0.3, -0.25) is 9.69 Å². The van der Waals surface area contributed by atoms with Gasteiger partial charge in [-0.25, -0.2) is 9.36 Å². The summed E-state index contributed by atoms with van der Waals surface area (Å²) >= 11 is 0. The van der Waals surface area contributed by atoms with E-state index in [2.05, 4.69) is 11.0 Å². The van der Waals surface area contributed by atoms with Gasteiger partial charge in [0.25, 0.3) is 0 Å². The highest BCUT2D eigenvalue weighted by molar-refractivity contribution is 5.94. The van der Waals surface area contributed by atoms with Gasteiger partial charge in [0.2, 0.25) is 0 Å². The first kappa shape index (κ1) is 20.0. The zero-order valence-electron chi connectivity index (χ0n) is 17.7. The van der Waals surface area contributed by atoms with E-state index in [0.29, 0.717) is 12.3 Å². The van der Waals surface area contributed by atoms with Crippen LogP contribution in [0.15, 0.2) is 24.3 Å². The van der Waals surface area contributed by atoms with Crippen molar-refractivity contribution < 1.29 is 19.1 Å². The first-order chi connectivity index (χ1) is 13.8. The summed E-state index contributed by atoms with van der Waals surface area (Å²) in [5.41, 5.74) is 2.70. The van der Waals surface area contributed by atoms with E-state index in [1.54, 1.807) is 4.57 Å². The van der Waals surface area contributed by atoms with Crippen LogP contribution >= 0.6 is 0 Å². The van der Waals surface area contributed by atoms with Gasteiger partial charge in [0.1, 0.15) is 5.60 Å². The molecule has 1 saturated heterocycles. The molecule has 156 valence electrons. The molecule has 1 aromatic heterocycles. The van der Waals surface area contributed by atoms with Crippen LogP contribution in [-0.4, -0.2) is 47.3 Å². The Morgan fingerprint density at radius 1 is 1.17 bits per heavy atom. The third-order valence-corrected chi connectivity index (χ3v) is 6.03. The van der Waals surface area contributed by atoms with E-state index in [-0.39, 0.29) is 18.1 Å². The molecule has 0 saturated carbocycles. The highest BCUT2D eigenvalue weighted by Crippen LogP contribution is 2.43. The van der Waals surface area contributed by atoms with Crippen LogP contribution in [0, 0.1) is 5.92 Å². The van der Waals surface area contributed by atoms with Crippen LogP contribution < -0.4 is 0 Å². The quantitative estimate of drug-likeness (QED) is 0.706. The van der Waals surface area contributed by atoms with Gasteiger partial charge in [0.15, 0.2) is 0 Å². The molecule has 1 aromatic carbocycles. The van der Waals surface area contributed by atoms with E-state index in [1.165, 1.54) is 12.7 Å². The topological polar surface area (TPSA) is 60.8 Å². The fraction of sp³-hybridized carbons (Fsp3) is 0.565. The average molecular weight is 399 g/mol. The predicted molar refractivity (Wildman–Crippen MR) is 111 cm³/mol. The second-order valence-electron chi connectivity index (χ2n) is 9.18. The van der Waals surface area contributed by atoms with E-state index in [4.69, 9.17) is 9.47 Å². The average Bonchev–Trinajstić information content (AvgIpc) is 3.01. The number of hydrogen-bond donors (Lipinski definition) is 0. The van der Waals surface area contributed by atoms with Crippen LogP contribution in [0.3, 0.4) is 0 Å². The fourth-order valence-electron chi connectivity index (χ4n) is 4.87. The van der Waals surface area contributed by atoms with Crippen molar-refractivity contribution in [1.82, 2.24) is 9.47 Å². The number of ether oxygens (including phenoxy) is 2. The third-order valence-electron chi connectivity index (χ3n) is 6.03. The molecule has 0 N–H and O–H groups in total. The molecule has 2 aliphatic rings. The smallest absolute Gasteiger partial charge is 0.419 e. The number of esters is 1. The predicted octanol–water partition coefficient (Wildman–Crippen LogP) is 4.30. The van der Waals surface area contributed by atoms with Crippen molar-refractivity contribution in [2.45, 2.75) is 58.1 Å². The van der Waals surface area contributed by atoms with Gasteiger partial charge < -0.3 is 9.47 Å². The number of carbonyl (C=O) groups is 2. The van der Waals surface area contributed by atoms with Crippen LogP contribution in [-0.2, 0) is 20.7 Å². The van der Waals surface area contributed by atoms with E-state index in [1.807, 2.05) is 39.0 Å². The molecule has 0 radical (unpaired) electrons. The lowest BCUT2D eigenvalue weighted by atomic mass is 9.85. The summed E-state index contributed by atoms with van der Waals surface area (Å²) in [4.78, 5) is 27.3. The molecular formula is C23H30N2O4. The summed E-state index contributed by atoms with van der Waals surface area (Å²) in [7, 11) is 1.44. The van der Waals surface area contributed by atoms with Crippen molar-refractivity contribution in [1.29, 1.82) is 0 Å². The van der Waals surface area contributed by atoms with Crippen molar-refractivity contribution in [2.24, 2.45) is 5.92 Å². The zero-order chi connectivity index (χ0) is 20.8. The van der Waals surface area contributed by atoms with Gasteiger partial charge in [0.05, 0.1) is 24.4 Å². The lowest BCUT2D eigenvalue weighted by molar-refractivity contribution is -0.142. The Hall–Kier alpha value is -2.34. The number of methoxy groups -OCH3 is 1. The summed E-state index contributed by atoms with van der Waals surface area (Å²) < 4.78 is 12.4. The van der Waals surface area contributed by atoms with Crippen molar-refractivity contribution in [3.63, 3.8) is 0 Å². The molecule has 4 rings (SSSR count). The first-order valence-corrected chi connectivity index (χ1v) is 10.4. The van der Waals surface area contributed by atoms with Gasteiger partial charge in [-0.15, -0.1) is 0 Å². The SMILES string of the molecule is COC(=O)C[C@H]1CC[C@@H]2c3c(c4ccccc4n3C(=O)OC(C)(C)C)CCN2C1. The first-order valence-electron chi connectivity index (χ1n) is 10.4. The number of benzene rings is 1. The Kier molecular flexibility index (Phi) is 5.15. The number of para-hydroxylation sites is 1. The summed E-state index contributed by atoms with van der Waals surface area (Å²) in [6.45, 7) is 7.49. The van der Waals surface area contributed by atoms with E-state index in [9.17, 15) is 9.59 Å². The van der Waals surface area contributed by atoms with Crippen LogP contribution in [0.2, 0.25) is 0 Å². The van der Waals surface area contributed by atoms with Crippen LogP contribution in [0.25, 0.3) is 10.9 Å². The number of fused-ring (bicyclic) bond motifs is 5. The molecule has 6 nitrogen and oxygen atoms in total. The van der Waals surface area contributed by atoms with Crippen molar-refractivity contribution in [3.8, 4) is 0 Å². The minimum Gasteiger partial charge on any atom is -0.469 e. The highest BCUT2D eigenvalue weighted by Gasteiger charge is 2.39. The maximum atomic E-state index is 13.2. The van der Waals surface area contributed by atoms with Crippen molar-refractivity contribution in [3.05, 3.63) is 35.5 Å². The normalized spacial score (nSPS) is 22.1. The number of rotatable bonds is 2. The molecule has 0 unspecified atom stereocenters.